The van der Waals surface area contributed by atoms with Gasteiger partial charge in [-0.25, -0.2) is 14.0 Å². The highest BCUT2D eigenvalue weighted by atomic mass is 19.1. The van der Waals surface area contributed by atoms with Crippen LogP contribution < -0.4 is 4.74 Å². The van der Waals surface area contributed by atoms with Gasteiger partial charge in [0.25, 0.3) is 0 Å². The van der Waals surface area contributed by atoms with Crippen molar-refractivity contribution in [3.63, 3.8) is 0 Å². The second-order valence-corrected chi connectivity index (χ2v) is 3.83. The van der Waals surface area contributed by atoms with E-state index >= 15 is 0 Å². The molecule has 0 N–H and O–H groups in total. The normalized spacial score (nSPS) is 10.8. The Morgan fingerprint density at radius 2 is 1.50 bits per heavy atom. The number of hydrogen-bond acceptors (Lipinski definition) is 5. The molecule has 0 saturated carbocycles. The third-order valence-electron chi connectivity index (χ3n) is 2.60. The van der Waals surface area contributed by atoms with Crippen molar-refractivity contribution in [1.82, 2.24) is 0 Å². The molecule has 0 amide bonds. The molecule has 1 rings (SSSR count). The fraction of sp³-hybridized carbons (Fsp3) is 0.429. The Morgan fingerprint density at radius 1 is 1.05 bits per heavy atom. The molecule has 1 aromatic rings. The molecule has 0 radical (unpaired) electrons. The molecule has 0 heterocycles. The fourth-order valence-corrected chi connectivity index (χ4v) is 1.60. The summed E-state index contributed by atoms with van der Waals surface area (Å²) in [7, 11) is 1.45. The Kier molecular flexibility index (Phi) is 5.49. The van der Waals surface area contributed by atoms with E-state index in [4.69, 9.17) is 4.74 Å². The SMILES string of the molecule is CCOC(=O)C(F)(C(=O)OCC)c1ccc(OC)cc1. The highest BCUT2D eigenvalue weighted by Gasteiger charge is 2.51. The van der Waals surface area contributed by atoms with Crippen molar-refractivity contribution in [3.05, 3.63) is 29.8 Å². The smallest absolute Gasteiger partial charge is 0.360 e. The summed E-state index contributed by atoms with van der Waals surface area (Å²) in [5.74, 6) is -2.10. The summed E-state index contributed by atoms with van der Waals surface area (Å²) in [6, 6.07) is 5.46. The highest BCUT2D eigenvalue weighted by Crippen LogP contribution is 2.31. The van der Waals surface area contributed by atoms with Gasteiger partial charge in [-0.05, 0) is 26.0 Å². The number of methoxy groups -OCH3 is 1. The number of alkyl halides is 1. The maximum Gasteiger partial charge on any atom is 0.360 e. The lowest BCUT2D eigenvalue weighted by atomic mass is 9.95. The van der Waals surface area contributed by atoms with E-state index in [0.29, 0.717) is 5.75 Å². The van der Waals surface area contributed by atoms with Crippen molar-refractivity contribution in [2.24, 2.45) is 0 Å². The lowest BCUT2D eigenvalue weighted by molar-refractivity contribution is -0.175. The van der Waals surface area contributed by atoms with Crippen molar-refractivity contribution < 1.29 is 28.2 Å². The second kappa shape index (κ2) is 6.88. The van der Waals surface area contributed by atoms with Crippen molar-refractivity contribution in [1.29, 1.82) is 0 Å². The van der Waals surface area contributed by atoms with Crippen LogP contribution in [0.25, 0.3) is 0 Å². The number of carbonyl (C=O) groups excluding carboxylic acids is 2. The minimum Gasteiger partial charge on any atom is -0.497 e. The Hall–Kier alpha value is -2.11. The Labute approximate surface area is 116 Å². The molecule has 0 saturated heterocycles. The molecule has 1 aromatic carbocycles. The number of carbonyl (C=O) groups is 2. The Balaban J connectivity index is 3.20. The summed E-state index contributed by atoms with van der Waals surface area (Å²) in [5, 5.41) is 0. The molecule has 0 aliphatic carbocycles. The standard InChI is InChI=1S/C14H17FO5/c1-4-19-12(16)14(15,13(17)20-5-2)10-6-8-11(18-3)9-7-10/h6-9H,4-5H2,1-3H3. The molecular weight excluding hydrogens is 267 g/mol. The van der Waals surface area contributed by atoms with Crippen LogP contribution in [-0.2, 0) is 24.7 Å². The van der Waals surface area contributed by atoms with Crippen molar-refractivity contribution in [3.8, 4) is 5.75 Å². The van der Waals surface area contributed by atoms with Crippen LogP contribution in [0, 0.1) is 0 Å². The molecule has 0 aliphatic rings. The number of halogens is 1. The molecule has 110 valence electrons. The first-order valence-electron chi connectivity index (χ1n) is 6.18. The molecule has 0 aromatic heterocycles. The third kappa shape index (κ3) is 3.07. The predicted octanol–water partition coefficient (Wildman–Crippen LogP) is 1.99. The summed E-state index contributed by atoms with van der Waals surface area (Å²) >= 11 is 0. The van der Waals surface area contributed by atoms with Crippen molar-refractivity contribution >= 4 is 11.9 Å². The van der Waals surface area contributed by atoms with Gasteiger partial charge in [0.15, 0.2) is 0 Å². The van der Waals surface area contributed by atoms with E-state index in [2.05, 4.69) is 9.47 Å². The number of ether oxygens (including phenoxy) is 3. The van der Waals surface area contributed by atoms with Gasteiger partial charge in [-0.2, -0.15) is 0 Å². The van der Waals surface area contributed by atoms with Crippen LogP contribution in [0.3, 0.4) is 0 Å². The number of esters is 2. The molecule has 6 heteroatoms. The molecule has 20 heavy (non-hydrogen) atoms. The van der Waals surface area contributed by atoms with Gasteiger partial charge in [-0.3, -0.25) is 0 Å². The molecule has 0 spiro atoms. The van der Waals surface area contributed by atoms with Crippen LogP contribution in [-0.4, -0.2) is 32.3 Å². The molecule has 0 unspecified atom stereocenters. The summed E-state index contributed by atoms with van der Waals surface area (Å²) in [6.45, 7) is 2.97. The zero-order chi connectivity index (χ0) is 15.2. The van der Waals surface area contributed by atoms with Gasteiger partial charge in [-0.15, -0.1) is 0 Å². The van der Waals surface area contributed by atoms with Crippen LogP contribution in [0.15, 0.2) is 24.3 Å². The quantitative estimate of drug-likeness (QED) is 0.590. The van der Waals surface area contributed by atoms with Gasteiger partial charge in [0, 0.05) is 5.56 Å². The predicted molar refractivity (Wildman–Crippen MR) is 69.0 cm³/mol. The summed E-state index contributed by atoms with van der Waals surface area (Å²) in [6.07, 6.45) is 0. The minimum atomic E-state index is -2.97. The minimum absolute atomic E-state index is 0.0416. The molecule has 0 aliphatic heterocycles. The maximum absolute atomic E-state index is 14.9. The molecule has 0 atom stereocenters. The van der Waals surface area contributed by atoms with E-state index in [0.717, 1.165) is 0 Å². The number of hydrogen-bond donors (Lipinski definition) is 0. The fourth-order valence-electron chi connectivity index (χ4n) is 1.60. The van der Waals surface area contributed by atoms with Gasteiger partial charge in [0.1, 0.15) is 5.75 Å². The maximum atomic E-state index is 14.9. The zero-order valence-corrected chi connectivity index (χ0v) is 11.6. The van der Waals surface area contributed by atoms with Crippen LogP contribution in [0.4, 0.5) is 4.39 Å². The monoisotopic (exact) mass is 284 g/mol. The van der Waals surface area contributed by atoms with Crippen LogP contribution >= 0.6 is 0 Å². The average molecular weight is 284 g/mol. The van der Waals surface area contributed by atoms with E-state index in [-0.39, 0.29) is 18.8 Å². The van der Waals surface area contributed by atoms with E-state index in [1.807, 2.05) is 0 Å². The van der Waals surface area contributed by atoms with Gasteiger partial charge in [0.05, 0.1) is 20.3 Å². The average Bonchev–Trinajstić information content (AvgIpc) is 2.47. The van der Waals surface area contributed by atoms with Crippen LogP contribution in [0.5, 0.6) is 5.75 Å². The first kappa shape index (κ1) is 15.9. The van der Waals surface area contributed by atoms with E-state index in [1.54, 1.807) is 0 Å². The summed E-state index contributed by atoms with van der Waals surface area (Å²) in [4.78, 5) is 23.6. The topological polar surface area (TPSA) is 61.8 Å². The van der Waals surface area contributed by atoms with Crippen LogP contribution in [0.2, 0.25) is 0 Å². The van der Waals surface area contributed by atoms with E-state index < -0.39 is 17.6 Å². The van der Waals surface area contributed by atoms with E-state index in [9.17, 15) is 14.0 Å². The molecule has 0 bridgehead atoms. The number of rotatable bonds is 6. The van der Waals surface area contributed by atoms with Gasteiger partial charge < -0.3 is 14.2 Å². The Bertz CT molecular complexity index is 451. The second-order valence-electron chi connectivity index (χ2n) is 3.83. The van der Waals surface area contributed by atoms with Crippen molar-refractivity contribution in [2.75, 3.05) is 20.3 Å². The van der Waals surface area contributed by atoms with Gasteiger partial charge in [-0.1, -0.05) is 12.1 Å². The first-order valence-corrected chi connectivity index (χ1v) is 6.18. The van der Waals surface area contributed by atoms with Gasteiger partial charge in [0.2, 0.25) is 0 Å². The largest absolute Gasteiger partial charge is 0.497 e. The Morgan fingerprint density at radius 3 is 1.85 bits per heavy atom. The third-order valence-corrected chi connectivity index (χ3v) is 2.60. The molecule has 0 fully saturated rings. The molecule has 5 nitrogen and oxygen atoms in total. The lowest BCUT2D eigenvalue weighted by Gasteiger charge is -2.21. The lowest BCUT2D eigenvalue weighted by Crippen LogP contribution is -2.42. The van der Waals surface area contributed by atoms with Gasteiger partial charge >= 0.3 is 17.6 Å². The number of benzene rings is 1. The molecular formula is C14H17FO5. The van der Waals surface area contributed by atoms with Crippen molar-refractivity contribution in [2.45, 2.75) is 19.5 Å². The van der Waals surface area contributed by atoms with E-state index in [1.165, 1.54) is 45.2 Å². The van der Waals surface area contributed by atoms with Crippen LogP contribution in [0.1, 0.15) is 19.4 Å². The summed E-state index contributed by atoms with van der Waals surface area (Å²) < 4.78 is 29.2. The zero-order valence-electron chi connectivity index (χ0n) is 11.6. The highest BCUT2D eigenvalue weighted by molar-refractivity contribution is 6.04. The summed E-state index contributed by atoms with van der Waals surface area (Å²) in [5.41, 5.74) is -3.13. The first-order chi connectivity index (χ1) is 9.50.